The smallest absolute Gasteiger partial charge is 0.303 e. The number of carbonyl (C=O) groups is 2. The number of hydrogen-bond acceptors (Lipinski definition) is 5. The van der Waals surface area contributed by atoms with Crippen molar-refractivity contribution in [2.24, 2.45) is 0 Å². The number of nitrogens with two attached hydrogens (primary N) is 1. The number of aliphatic carboxylic acids is 1. The number of anilines is 2. The molecule has 25 heavy (non-hydrogen) atoms. The van der Waals surface area contributed by atoms with Gasteiger partial charge in [-0.3, -0.25) is 14.5 Å². The van der Waals surface area contributed by atoms with E-state index in [1.807, 2.05) is 30.3 Å². The highest BCUT2D eigenvalue weighted by Crippen LogP contribution is 2.38. The van der Waals surface area contributed by atoms with Gasteiger partial charge < -0.3 is 15.6 Å². The van der Waals surface area contributed by atoms with Gasteiger partial charge in [-0.1, -0.05) is 30.3 Å². The van der Waals surface area contributed by atoms with Gasteiger partial charge in [0.25, 0.3) is 5.91 Å². The Labute approximate surface area is 145 Å². The molecule has 0 saturated heterocycles. The standard InChI is InChI=1S/C18H19N3O4/c19-14-10-9-13-17(20-14)21(11-5-4-8-15(22)23)18(24)16(25-13)12-6-2-1-3-7-12/h1-3,6-7,9-10,16H,4-5,8,11H2,(H2,19,20)(H,22,23). The molecule has 1 amide bonds. The first-order chi connectivity index (χ1) is 12.1. The number of benzene rings is 1. The van der Waals surface area contributed by atoms with E-state index in [-0.39, 0.29) is 12.3 Å². The molecule has 3 rings (SSSR count). The van der Waals surface area contributed by atoms with Gasteiger partial charge in [-0.05, 0) is 25.0 Å². The Balaban J connectivity index is 1.86. The Bertz CT molecular complexity index is 779. The molecule has 0 spiro atoms. The van der Waals surface area contributed by atoms with Crippen molar-refractivity contribution in [3.63, 3.8) is 0 Å². The van der Waals surface area contributed by atoms with Crippen molar-refractivity contribution in [1.82, 2.24) is 4.98 Å². The van der Waals surface area contributed by atoms with E-state index in [9.17, 15) is 9.59 Å². The van der Waals surface area contributed by atoms with E-state index in [4.69, 9.17) is 15.6 Å². The van der Waals surface area contributed by atoms with Crippen LogP contribution >= 0.6 is 0 Å². The van der Waals surface area contributed by atoms with Gasteiger partial charge in [-0.15, -0.1) is 0 Å². The molecule has 0 bridgehead atoms. The van der Waals surface area contributed by atoms with E-state index in [1.165, 1.54) is 4.90 Å². The fourth-order valence-electron chi connectivity index (χ4n) is 2.76. The minimum atomic E-state index is -0.849. The average molecular weight is 341 g/mol. The number of nitrogens with zero attached hydrogens (tertiary/aromatic N) is 2. The molecule has 2 heterocycles. The number of hydrogen-bond donors (Lipinski definition) is 2. The first-order valence-electron chi connectivity index (χ1n) is 8.07. The topological polar surface area (TPSA) is 106 Å². The van der Waals surface area contributed by atoms with Crippen LogP contribution in [-0.2, 0) is 9.59 Å². The number of nitrogen functional groups attached to an aromatic ring is 1. The Kier molecular flexibility index (Phi) is 4.83. The number of pyridine rings is 1. The molecule has 1 aliphatic rings. The lowest BCUT2D eigenvalue weighted by molar-refractivity contribution is -0.137. The molecule has 1 atom stereocenters. The summed E-state index contributed by atoms with van der Waals surface area (Å²) < 4.78 is 5.86. The molecule has 130 valence electrons. The summed E-state index contributed by atoms with van der Waals surface area (Å²) in [5.74, 6) is 0.0857. The first kappa shape index (κ1) is 16.8. The maximum absolute atomic E-state index is 12.9. The molecule has 1 aromatic heterocycles. The summed E-state index contributed by atoms with van der Waals surface area (Å²) in [7, 11) is 0. The lowest BCUT2D eigenvalue weighted by atomic mass is 10.1. The number of fused-ring (bicyclic) bond motifs is 1. The van der Waals surface area contributed by atoms with E-state index in [1.54, 1.807) is 12.1 Å². The maximum Gasteiger partial charge on any atom is 0.303 e. The summed E-state index contributed by atoms with van der Waals surface area (Å²) in [6.07, 6.45) is 0.347. The highest BCUT2D eigenvalue weighted by Gasteiger charge is 2.36. The van der Waals surface area contributed by atoms with Gasteiger partial charge in [0.15, 0.2) is 11.6 Å². The lowest BCUT2D eigenvalue weighted by Gasteiger charge is -2.33. The molecule has 1 aliphatic heterocycles. The number of rotatable bonds is 6. The number of amides is 1. The molecule has 2 aromatic rings. The molecule has 1 aromatic carbocycles. The Morgan fingerprint density at radius 1 is 1.20 bits per heavy atom. The normalized spacial score (nSPS) is 16.2. The fraction of sp³-hybridized carbons (Fsp3) is 0.278. The second-order valence-electron chi connectivity index (χ2n) is 5.81. The Morgan fingerprint density at radius 2 is 1.96 bits per heavy atom. The summed E-state index contributed by atoms with van der Waals surface area (Å²) >= 11 is 0. The Morgan fingerprint density at radius 3 is 2.68 bits per heavy atom. The Hall–Kier alpha value is -3.09. The van der Waals surface area contributed by atoms with Gasteiger partial charge in [0.05, 0.1) is 0 Å². The zero-order valence-electron chi connectivity index (χ0n) is 13.6. The average Bonchev–Trinajstić information content (AvgIpc) is 2.60. The van der Waals surface area contributed by atoms with Crippen LogP contribution in [0.15, 0.2) is 42.5 Å². The molecule has 0 saturated carbocycles. The number of carboxylic acids is 1. The number of unbranched alkanes of at least 4 members (excludes halogenated alkanes) is 1. The predicted molar refractivity (Wildman–Crippen MR) is 92.3 cm³/mol. The minimum absolute atomic E-state index is 0.0673. The highest BCUT2D eigenvalue weighted by atomic mass is 16.5. The van der Waals surface area contributed by atoms with Gasteiger partial charge >= 0.3 is 5.97 Å². The van der Waals surface area contributed by atoms with Crippen molar-refractivity contribution in [3.8, 4) is 5.75 Å². The number of carbonyl (C=O) groups excluding carboxylic acids is 1. The second kappa shape index (κ2) is 7.21. The van der Waals surface area contributed by atoms with Gasteiger partial charge in [0.2, 0.25) is 6.10 Å². The zero-order valence-corrected chi connectivity index (χ0v) is 13.6. The minimum Gasteiger partial charge on any atom is -0.481 e. The lowest BCUT2D eigenvalue weighted by Crippen LogP contribution is -2.42. The van der Waals surface area contributed by atoms with E-state index >= 15 is 0 Å². The van der Waals surface area contributed by atoms with Crippen molar-refractivity contribution in [2.75, 3.05) is 17.2 Å². The quantitative estimate of drug-likeness (QED) is 0.782. The van der Waals surface area contributed by atoms with E-state index < -0.39 is 12.1 Å². The van der Waals surface area contributed by atoms with Crippen molar-refractivity contribution >= 4 is 23.5 Å². The van der Waals surface area contributed by atoms with Gasteiger partial charge in [0.1, 0.15) is 5.82 Å². The third kappa shape index (κ3) is 3.71. The van der Waals surface area contributed by atoms with Gasteiger partial charge in [-0.25, -0.2) is 4.98 Å². The van der Waals surface area contributed by atoms with Gasteiger partial charge in [0, 0.05) is 18.5 Å². The van der Waals surface area contributed by atoms with Crippen molar-refractivity contribution in [3.05, 3.63) is 48.0 Å². The number of aromatic nitrogens is 1. The molecule has 7 nitrogen and oxygen atoms in total. The van der Waals surface area contributed by atoms with Crippen LogP contribution in [0.2, 0.25) is 0 Å². The SMILES string of the molecule is Nc1ccc2c(n1)N(CCCCC(=O)O)C(=O)C(c1ccccc1)O2. The largest absolute Gasteiger partial charge is 0.481 e. The molecular weight excluding hydrogens is 322 g/mol. The molecule has 0 radical (unpaired) electrons. The van der Waals surface area contributed by atoms with Crippen LogP contribution in [0.1, 0.15) is 30.9 Å². The fourth-order valence-corrected chi connectivity index (χ4v) is 2.76. The van der Waals surface area contributed by atoms with Crippen LogP contribution in [0, 0.1) is 0 Å². The maximum atomic E-state index is 12.9. The zero-order chi connectivity index (χ0) is 17.8. The van der Waals surface area contributed by atoms with Crippen LogP contribution in [0.25, 0.3) is 0 Å². The molecule has 1 unspecified atom stereocenters. The molecule has 0 aliphatic carbocycles. The third-order valence-corrected chi connectivity index (χ3v) is 3.98. The van der Waals surface area contributed by atoms with E-state index in [0.29, 0.717) is 36.8 Å². The summed E-state index contributed by atoms with van der Waals surface area (Å²) in [6.45, 7) is 0.363. The third-order valence-electron chi connectivity index (χ3n) is 3.98. The summed E-state index contributed by atoms with van der Waals surface area (Å²) in [6, 6.07) is 12.6. The van der Waals surface area contributed by atoms with Crippen LogP contribution in [0.4, 0.5) is 11.6 Å². The molecule has 0 fully saturated rings. The highest BCUT2D eigenvalue weighted by molar-refractivity contribution is 5.99. The monoisotopic (exact) mass is 341 g/mol. The van der Waals surface area contributed by atoms with Crippen molar-refractivity contribution < 1.29 is 19.4 Å². The van der Waals surface area contributed by atoms with Crippen LogP contribution in [-0.4, -0.2) is 28.5 Å². The summed E-state index contributed by atoms with van der Waals surface area (Å²) in [5.41, 5.74) is 6.50. The second-order valence-corrected chi connectivity index (χ2v) is 5.81. The number of ether oxygens (including phenoxy) is 1. The van der Waals surface area contributed by atoms with Gasteiger partial charge in [-0.2, -0.15) is 0 Å². The van der Waals surface area contributed by atoms with E-state index in [0.717, 1.165) is 5.56 Å². The molecule has 3 N–H and O–H groups in total. The van der Waals surface area contributed by atoms with Crippen molar-refractivity contribution in [2.45, 2.75) is 25.4 Å². The van der Waals surface area contributed by atoms with Crippen molar-refractivity contribution in [1.29, 1.82) is 0 Å². The molecular formula is C18H19N3O4. The summed E-state index contributed by atoms with van der Waals surface area (Å²) in [5, 5.41) is 8.76. The predicted octanol–water partition coefficient (Wildman–Crippen LogP) is 2.39. The number of carboxylic acid groups (broad SMARTS) is 1. The first-order valence-corrected chi connectivity index (χ1v) is 8.07. The summed E-state index contributed by atoms with van der Waals surface area (Å²) in [4.78, 5) is 29.4. The van der Waals surface area contributed by atoms with Crippen LogP contribution in [0.5, 0.6) is 5.75 Å². The van der Waals surface area contributed by atoms with Crippen LogP contribution < -0.4 is 15.4 Å². The molecule has 7 heteroatoms. The van der Waals surface area contributed by atoms with Crippen LogP contribution in [0.3, 0.4) is 0 Å². The van der Waals surface area contributed by atoms with E-state index in [2.05, 4.69) is 4.98 Å².